The number of benzene rings is 1. The summed E-state index contributed by atoms with van der Waals surface area (Å²) in [5.74, 6) is -2.02. The van der Waals surface area contributed by atoms with E-state index in [1.54, 1.807) is 37.3 Å². The molecule has 2 aliphatic heterocycles. The molecule has 0 unspecified atom stereocenters. The third kappa shape index (κ3) is 3.63. The van der Waals surface area contributed by atoms with Gasteiger partial charge < -0.3 is 14.8 Å². The summed E-state index contributed by atoms with van der Waals surface area (Å²) in [7, 11) is 0. The van der Waals surface area contributed by atoms with Crippen LogP contribution in [-0.4, -0.2) is 48.1 Å². The lowest BCUT2D eigenvalue weighted by Crippen LogP contribution is -2.49. The van der Waals surface area contributed by atoms with Crippen LogP contribution in [0.3, 0.4) is 0 Å². The normalized spacial score (nSPS) is 24.6. The Morgan fingerprint density at radius 3 is 2.70 bits per heavy atom. The van der Waals surface area contributed by atoms with Gasteiger partial charge in [-0.3, -0.25) is 15.0 Å². The van der Waals surface area contributed by atoms with E-state index < -0.39 is 42.1 Å². The van der Waals surface area contributed by atoms with Gasteiger partial charge in [-0.15, -0.1) is 0 Å². The lowest BCUT2D eigenvalue weighted by Gasteiger charge is -2.25. The number of nitrogens with one attached hydrogen (secondary N) is 2. The summed E-state index contributed by atoms with van der Waals surface area (Å²) in [6.45, 7) is 1.63. The molecule has 4 amide bonds. The molecule has 0 aliphatic carbocycles. The Morgan fingerprint density at radius 1 is 1.33 bits per heavy atom. The highest BCUT2D eigenvalue weighted by molar-refractivity contribution is 6.08. The summed E-state index contributed by atoms with van der Waals surface area (Å²) < 4.78 is 10.1. The molecule has 2 fully saturated rings. The van der Waals surface area contributed by atoms with Gasteiger partial charge in [0.15, 0.2) is 12.7 Å². The second-order valence-corrected chi connectivity index (χ2v) is 6.34. The van der Waals surface area contributed by atoms with E-state index in [9.17, 15) is 19.2 Å². The van der Waals surface area contributed by atoms with Gasteiger partial charge in [0.2, 0.25) is 0 Å². The molecule has 9 heteroatoms. The SMILES string of the molecule is CC[C@@]1(c2ccccc2)NC(=O)N(NC(=O)COC(=O)[C@@H]2CCCO2)C1=O. The topological polar surface area (TPSA) is 114 Å². The molecule has 2 N–H and O–H groups in total. The van der Waals surface area contributed by atoms with E-state index in [2.05, 4.69) is 10.7 Å². The van der Waals surface area contributed by atoms with Crippen molar-refractivity contribution >= 4 is 23.8 Å². The van der Waals surface area contributed by atoms with Gasteiger partial charge in [-0.05, 0) is 24.8 Å². The molecule has 0 bridgehead atoms. The fourth-order valence-corrected chi connectivity index (χ4v) is 3.19. The Bertz CT molecular complexity index is 747. The van der Waals surface area contributed by atoms with E-state index in [0.717, 1.165) is 6.42 Å². The van der Waals surface area contributed by atoms with Crippen LogP contribution in [0.2, 0.25) is 0 Å². The van der Waals surface area contributed by atoms with Gasteiger partial charge in [0.25, 0.3) is 11.8 Å². The first-order valence-corrected chi connectivity index (χ1v) is 8.78. The van der Waals surface area contributed by atoms with Crippen LogP contribution in [0.4, 0.5) is 4.79 Å². The molecule has 2 atom stereocenters. The molecule has 0 radical (unpaired) electrons. The zero-order chi connectivity index (χ0) is 19.4. The van der Waals surface area contributed by atoms with Gasteiger partial charge >= 0.3 is 12.0 Å². The Kier molecular flexibility index (Phi) is 5.41. The molecule has 2 aliphatic rings. The third-order valence-electron chi connectivity index (χ3n) is 4.66. The molecule has 144 valence electrons. The fourth-order valence-electron chi connectivity index (χ4n) is 3.19. The van der Waals surface area contributed by atoms with Crippen molar-refractivity contribution in [2.75, 3.05) is 13.2 Å². The summed E-state index contributed by atoms with van der Waals surface area (Å²) in [6.07, 6.45) is 0.943. The molecule has 0 saturated carbocycles. The molecule has 0 aromatic heterocycles. The van der Waals surface area contributed by atoms with Crippen molar-refractivity contribution in [3.63, 3.8) is 0 Å². The van der Waals surface area contributed by atoms with Crippen molar-refractivity contribution in [1.82, 2.24) is 15.8 Å². The predicted molar refractivity (Wildman–Crippen MR) is 91.9 cm³/mol. The standard InChI is InChI=1S/C18H21N3O6/c1-2-18(12-7-4-3-5-8-12)16(24)21(17(25)19-18)20-14(22)11-27-15(23)13-9-6-10-26-13/h3-5,7-8,13H,2,6,9-11H2,1H3,(H,19,25)(H,20,22)/t13-,18-/m0/s1. The van der Waals surface area contributed by atoms with Crippen molar-refractivity contribution in [1.29, 1.82) is 0 Å². The molecule has 0 spiro atoms. The van der Waals surface area contributed by atoms with Crippen LogP contribution < -0.4 is 10.7 Å². The summed E-state index contributed by atoms with van der Waals surface area (Å²) in [5.41, 5.74) is 1.57. The van der Waals surface area contributed by atoms with Crippen LogP contribution in [0.25, 0.3) is 0 Å². The van der Waals surface area contributed by atoms with Crippen LogP contribution in [-0.2, 0) is 29.4 Å². The fraction of sp³-hybridized carbons (Fsp3) is 0.444. The third-order valence-corrected chi connectivity index (χ3v) is 4.66. The van der Waals surface area contributed by atoms with E-state index in [4.69, 9.17) is 9.47 Å². The lowest BCUT2D eigenvalue weighted by atomic mass is 9.87. The van der Waals surface area contributed by atoms with Crippen molar-refractivity contribution in [2.24, 2.45) is 0 Å². The number of imide groups is 1. The first kappa shape index (κ1) is 18.8. The van der Waals surface area contributed by atoms with Gasteiger partial charge in [-0.2, -0.15) is 5.01 Å². The Labute approximate surface area is 156 Å². The zero-order valence-electron chi connectivity index (χ0n) is 14.9. The lowest BCUT2D eigenvalue weighted by molar-refractivity contribution is -0.158. The Hall–Kier alpha value is -2.94. The van der Waals surface area contributed by atoms with E-state index >= 15 is 0 Å². The number of hydrogen-bond donors (Lipinski definition) is 2. The molecule has 9 nitrogen and oxygen atoms in total. The van der Waals surface area contributed by atoms with E-state index in [0.29, 0.717) is 30.0 Å². The molecule has 3 rings (SSSR count). The maximum Gasteiger partial charge on any atom is 0.344 e. The Morgan fingerprint density at radius 2 is 2.07 bits per heavy atom. The summed E-state index contributed by atoms with van der Waals surface area (Å²) in [6, 6.07) is 8.04. The highest BCUT2D eigenvalue weighted by Crippen LogP contribution is 2.31. The second-order valence-electron chi connectivity index (χ2n) is 6.34. The van der Waals surface area contributed by atoms with Crippen LogP contribution in [0.1, 0.15) is 31.7 Å². The van der Waals surface area contributed by atoms with E-state index in [-0.39, 0.29) is 0 Å². The van der Waals surface area contributed by atoms with E-state index in [1.165, 1.54) is 0 Å². The van der Waals surface area contributed by atoms with Crippen LogP contribution in [0.15, 0.2) is 30.3 Å². The monoisotopic (exact) mass is 375 g/mol. The highest BCUT2D eigenvalue weighted by atomic mass is 16.6. The largest absolute Gasteiger partial charge is 0.454 e. The number of nitrogens with zero attached hydrogens (tertiary/aromatic N) is 1. The number of hydrazine groups is 1. The van der Waals surface area contributed by atoms with Gasteiger partial charge in [0, 0.05) is 6.61 Å². The van der Waals surface area contributed by atoms with Crippen molar-refractivity contribution in [2.45, 2.75) is 37.8 Å². The van der Waals surface area contributed by atoms with Crippen LogP contribution in [0.5, 0.6) is 0 Å². The van der Waals surface area contributed by atoms with E-state index in [1.807, 2.05) is 0 Å². The summed E-state index contributed by atoms with van der Waals surface area (Å²) in [5, 5.41) is 3.27. The first-order chi connectivity index (χ1) is 13.0. The zero-order valence-corrected chi connectivity index (χ0v) is 14.9. The minimum atomic E-state index is -1.25. The molecular weight excluding hydrogens is 354 g/mol. The molecule has 1 aromatic rings. The number of ether oxygens (including phenoxy) is 2. The number of carbonyl (C=O) groups is 4. The summed E-state index contributed by atoms with van der Waals surface area (Å²) in [4.78, 5) is 48.9. The smallest absolute Gasteiger partial charge is 0.344 e. The quantitative estimate of drug-likeness (QED) is 0.556. The second kappa shape index (κ2) is 7.75. The number of rotatable bonds is 6. The number of carbonyl (C=O) groups excluding carboxylic acids is 4. The number of hydrogen-bond acceptors (Lipinski definition) is 6. The average Bonchev–Trinajstić information content (AvgIpc) is 3.30. The van der Waals surface area contributed by atoms with Gasteiger partial charge in [0.05, 0.1) is 0 Å². The number of esters is 1. The molecule has 2 saturated heterocycles. The van der Waals surface area contributed by atoms with Gasteiger partial charge in [0.1, 0.15) is 5.54 Å². The van der Waals surface area contributed by atoms with Crippen molar-refractivity contribution in [3.8, 4) is 0 Å². The predicted octanol–water partition coefficient (Wildman–Crippen LogP) is 0.597. The number of urea groups is 1. The van der Waals surface area contributed by atoms with Crippen molar-refractivity contribution < 1.29 is 28.7 Å². The van der Waals surface area contributed by atoms with Crippen molar-refractivity contribution in [3.05, 3.63) is 35.9 Å². The van der Waals surface area contributed by atoms with Gasteiger partial charge in [-0.1, -0.05) is 37.3 Å². The minimum absolute atomic E-state index is 0.308. The first-order valence-electron chi connectivity index (χ1n) is 8.78. The molecule has 1 aromatic carbocycles. The molecule has 2 heterocycles. The maximum atomic E-state index is 12.9. The summed E-state index contributed by atoms with van der Waals surface area (Å²) >= 11 is 0. The number of amides is 4. The average molecular weight is 375 g/mol. The Balaban J connectivity index is 1.63. The van der Waals surface area contributed by atoms with Gasteiger partial charge in [-0.25, -0.2) is 9.59 Å². The highest BCUT2D eigenvalue weighted by Gasteiger charge is 2.52. The van der Waals surface area contributed by atoms with Crippen LogP contribution in [0, 0.1) is 0 Å². The molecule has 27 heavy (non-hydrogen) atoms. The van der Waals surface area contributed by atoms with Crippen LogP contribution >= 0.6 is 0 Å². The molecular formula is C18H21N3O6. The maximum absolute atomic E-state index is 12.9. The minimum Gasteiger partial charge on any atom is -0.454 e.